The largest absolute Gasteiger partial charge is 0.489 e. The predicted octanol–water partition coefficient (Wildman–Crippen LogP) is 3.82. The molecule has 0 atom stereocenters. The molecule has 0 aliphatic rings. The van der Waals surface area contributed by atoms with Gasteiger partial charge in [0.15, 0.2) is 5.78 Å². The van der Waals surface area contributed by atoms with Gasteiger partial charge in [-0.1, -0.05) is 0 Å². The highest BCUT2D eigenvalue weighted by atomic mass is 32.2. The van der Waals surface area contributed by atoms with Gasteiger partial charge in [0.25, 0.3) is 0 Å². The monoisotopic (exact) mass is 287 g/mol. The second kappa shape index (κ2) is 6.57. The summed E-state index contributed by atoms with van der Waals surface area (Å²) in [6.45, 7) is 3.88. The van der Waals surface area contributed by atoms with Crippen LogP contribution in [0.2, 0.25) is 0 Å². The van der Waals surface area contributed by atoms with Crippen LogP contribution in [0.1, 0.15) is 29.8 Å². The number of carbonyl (C=O) groups is 1. The first-order valence-corrected chi connectivity index (χ1v) is 7.63. The maximum atomic E-state index is 12.4. The lowest BCUT2D eigenvalue weighted by atomic mass is 10.1. The van der Waals surface area contributed by atoms with Gasteiger partial charge in [-0.3, -0.25) is 9.78 Å². The summed E-state index contributed by atoms with van der Waals surface area (Å²) in [5, 5.41) is 0. The third-order valence-electron chi connectivity index (χ3n) is 2.70. The van der Waals surface area contributed by atoms with Crippen molar-refractivity contribution in [3.05, 3.63) is 53.9 Å². The van der Waals surface area contributed by atoms with Crippen LogP contribution in [0.3, 0.4) is 0 Å². The molecule has 1 aromatic heterocycles. The molecular weight excluding hydrogens is 270 g/mol. The minimum absolute atomic E-state index is 0.0423. The van der Waals surface area contributed by atoms with Crippen molar-refractivity contribution >= 4 is 17.5 Å². The summed E-state index contributed by atoms with van der Waals surface area (Å²) < 4.78 is 5.56. The molecule has 0 bridgehead atoms. The molecule has 0 saturated heterocycles. The van der Waals surface area contributed by atoms with Crippen LogP contribution in [0.5, 0.6) is 5.75 Å². The fraction of sp³-hybridized carbons (Fsp3) is 0.250. The minimum Gasteiger partial charge on any atom is -0.489 e. The lowest BCUT2D eigenvalue weighted by Gasteiger charge is -2.10. The fourth-order valence-corrected chi connectivity index (χ4v) is 2.20. The summed E-state index contributed by atoms with van der Waals surface area (Å²) in [5.74, 6) is 0.575. The highest BCUT2D eigenvalue weighted by Gasteiger charge is 2.11. The van der Waals surface area contributed by atoms with E-state index in [0.29, 0.717) is 16.9 Å². The molecule has 0 aliphatic heterocycles. The van der Waals surface area contributed by atoms with E-state index >= 15 is 0 Å². The van der Waals surface area contributed by atoms with Crippen molar-refractivity contribution < 1.29 is 9.53 Å². The third kappa shape index (κ3) is 3.61. The minimum atomic E-state index is -0.0423. The quantitative estimate of drug-likeness (QED) is 0.619. The van der Waals surface area contributed by atoms with Crippen LogP contribution in [0.25, 0.3) is 0 Å². The second-order valence-corrected chi connectivity index (χ2v) is 5.51. The third-order valence-corrected chi connectivity index (χ3v) is 3.44. The number of hydrogen-bond donors (Lipinski definition) is 0. The van der Waals surface area contributed by atoms with Crippen LogP contribution in [0.15, 0.2) is 47.6 Å². The predicted molar refractivity (Wildman–Crippen MR) is 81.7 cm³/mol. The Morgan fingerprint density at radius 2 is 1.85 bits per heavy atom. The highest BCUT2D eigenvalue weighted by Crippen LogP contribution is 2.19. The Morgan fingerprint density at radius 3 is 2.45 bits per heavy atom. The molecule has 0 aliphatic carbocycles. The summed E-state index contributed by atoms with van der Waals surface area (Å²) in [7, 11) is 0. The molecule has 0 spiro atoms. The molecule has 0 N–H and O–H groups in total. The maximum Gasteiger partial charge on any atom is 0.194 e. The number of carbonyl (C=O) groups excluding carboxylic acids is 1. The molecule has 20 heavy (non-hydrogen) atoms. The van der Waals surface area contributed by atoms with Crippen LogP contribution >= 0.6 is 11.8 Å². The van der Waals surface area contributed by atoms with Crippen LogP contribution in [0, 0.1) is 0 Å². The SMILES string of the molecule is CSc1ccc(C(=O)c2cncc(OC(C)C)c2)cc1. The first kappa shape index (κ1) is 14.6. The van der Waals surface area contributed by atoms with E-state index in [9.17, 15) is 4.79 Å². The molecule has 0 saturated carbocycles. The van der Waals surface area contributed by atoms with Crippen molar-refractivity contribution in [2.75, 3.05) is 6.26 Å². The van der Waals surface area contributed by atoms with Gasteiger partial charge in [0.1, 0.15) is 5.75 Å². The zero-order valence-electron chi connectivity index (χ0n) is 11.8. The Hall–Kier alpha value is -1.81. The van der Waals surface area contributed by atoms with Crippen LogP contribution < -0.4 is 4.74 Å². The molecule has 2 rings (SSSR count). The molecule has 1 heterocycles. The first-order valence-electron chi connectivity index (χ1n) is 6.40. The van der Waals surface area contributed by atoms with Gasteiger partial charge in [0.05, 0.1) is 12.3 Å². The Bertz CT molecular complexity index is 594. The van der Waals surface area contributed by atoms with Gasteiger partial charge in [-0.25, -0.2) is 0 Å². The molecule has 0 radical (unpaired) electrons. The number of ether oxygens (including phenoxy) is 1. The van der Waals surface area contributed by atoms with E-state index in [0.717, 1.165) is 4.90 Å². The molecule has 3 nitrogen and oxygen atoms in total. The Balaban J connectivity index is 2.23. The first-order chi connectivity index (χ1) is 9.60. The second-order valence-electron chi connectivity index (χ2n) is 4.63. The number of hydrogen-bond acceptors (Lipinski definition) is 4. The van der Waals surface area contributed by atoms with Crippen LogP contribution in [0.4, 0.5) is 0 Å². The van der Waals surface area contributed by atoms with Gasteiger partial charge in [-0.05, 0) is 50.4 Å². The van der Waals surface area contributed by atoms with Crippen molar-refractivity contribution in [3.63, 3.8) is 0 Å². The number of nitrogens with zero attached hydrogens (tertiary/aromatic N) is 1. The smallest absolute Gasteiger partial charge is 0.194 e. The molecule has 104 valence electrons. The zero-order valence-corrected chi connectivity index (χ0v) is 12.6. The van der Waals surface area contributed by atoms with E-state index < -0.39 is 0 Å². The van der Waals surface area contributed by atoms with Gasteiger partial charge < -0.3 is 4.74 Å². The molecule has 0 fully saturated rings. The number of ketones is 1. The van der Waals surface area contributed by atoms with E-state index in [1.54, 1.807) is 30.2 Å². The van der Waals surface area contributed by atoms with E-state index in [1.807, 2.05) is 44.4 Å². The number of aromatic nitrogens is 1. The Kier molecular flexibility index (Phi) is 4.79. The maximum absolute atomic E-state index is 12.4. The number of benzene rings is 1. The van der Waals surface area contributed by atoms with Gasteiger partial charge in [0, 0.05) is 22.2 Å². The fourth-order valence-electron chi connectivity index (χ4n) is 1.79. The van der Waals surface area contributed by atoms with E-state index in [1.165, 1.54) is 0 Å². The number of pyridine rings is 1. The van der Waals surface area contributed by atoms with Crippen molar-refractivity contribution in [1.29, 1.82) is 0 Å². The normalized spacial score (nSPS) is 10.6. The number of rotatable bonds is 5. The van der Waals surface area contributed by atoms with Crippen LogP contribution in [-0.2, 0) is 0 Å². The molecule has 2 aromatic rings. The van der Waals surface area contributed by atoms with E-state index in [2.05, 4.69) is 4.98 Å². The summed E-state index contributed by atoms with van der Waals surface area (Å²) in [5.41, 5.74) is 1.20. The summed E-state index contributed by atoms with van der Waals surface area (Å²) >= 11 is 1.65. The van der Waals surface area contributed by atoms with E-state index in [-0.39, 0.29) is 11.9 Å². The summed E-state index contributed by atoms with van der Waals surface area (Å²) in [4.78, 5) is 17.6. The lowest BCUT2D eigenvalue weighted by molar-refractivity contribution is 0.103. The Morgan fingerprint density at radius 1 is 1.15 bits per heavy atom. The Labute approximate surface area is 123 Å². The zero-order chi connectivity index (χ0) is 14.5. The molecule has 0 amide bonds. The topological polar surface area (TPSA) is 39.2 Å². The number of thioether (sulfide) groups is 1. The van der Waals surface area contributed by atoms with Crippen molar-refractivity contribution in [2.24, 2.45) is 0 Å². The summed E-state index contributed by atoms with van der Waals surface area (Å²) in [6.07, 6.45) is 5.25. The van der Waals surface area contributed by atoms with Gasteiger partial charge >= 0.3 is 0 Å². The molecule has 0 unspecified atom stereocenters. The van der Waals surface area contributed by atoms with Gasteiger partial charge in [0.2, 0.25) is 0 Å². The van der Waals surface area contributed by atoms with Crippen LogP contribution in [-0.4, -0.2) is 23.1 Å². The standard InChI is InChI=1S/C16H17NO2S/c1-11(2)19-14-8-13(9-17-10-14)16(18)12-4-6-15(20-3)7-5-12/h4-11H,1-3H3. The molecular formula is C16H17NO2S. The average Bonchev–Trinajstić information content (AvgIpc) is 2.46. The van der Waals surface area contributed by atoms with Crippen molar-refractivity contribution in [1.82, 2.24) is 4.98 Å². The molecule has 1 aromatic carbocycles. The van der Waals surface area contributed by atoms with Crippen molar-refractivity contribution in [3.8, 4) is 5.75 Å². The van der Waals surface area contributed by atoms with Gasteiger partial charge in [-0.15, -0.1) is 11.8 Å². The van der Waals surface area contributed by atoms with E-state index in [4.69, 9.17) is 4.74 Å². The molecule has 4 heteroatoms. The summed E-state index contributed by atoms with van der Waals surface area (Å²) in [6, 6.07) is 9.30. The highest BCUT2D eigenvalue weighted by molar-refractivity contribution is 7.98. The average molecular weight is 287 g/mol. The van der Waals surface area contributed by atoms with Gasteiger partial charge in [-0.2, -0.15) is 0 Å². The lowest BCUT2D eigenvalue weighted by Crippen LogP contribution is -2.07. The van der Waals surface area contributed by atoms with Crippen molar-refractivity contribution in [2.45, 2.75) is 24.8 Å².